The molecule has 0 fully saturated rings. The molecule has 1 aromatic heterocycles. The zero-order valence-electron chi connectivity index (χ0n) is 13.0. The molecule has 1 aliphatic heterocycles. The van der Waals surface area contributed by atoms with Crippen molar-refractivity contribution in [1.29, 1.82) is 0 Å². The molecule has 1 aliphatic rings. The maximum Gasteiger partial charge on any atom is 0.203 e. The molecule has 24 heavy (non-hydrogen) atoms. The van der Waals surface area contributed by atoms with E-state index >= 15 is 0 Å². The fraction of sp³-hybridized carbons (Fsp3) is 0.211. The zero-order chi connectivity index (χ0) is 16.5. The number of aromatic nitrogens is 2. The Bertz CT molecular complexity index is 833. The maximum absolute atomic E-state index is 10.2. The summed E-state index contributed by atoms with van der Waals surface area (Å²) in [5.41, 5.74) is 2.21. The molecule has 2 N–H and O–H groups in total. The number of imidazole rings is 1. The monoisotopic (exact) mass is 339 g/mol. The van der Waals surface area contributed by atoms with Gasteiger partial charge < -0.3 is 15.0 Å². The van der Waals surface area contributed by atoms with Gasteiger partial charge in [-0.2, -0.15) is 0 Å². The summed E-state index contributed by atoms with van der Waals surface area (Å²) in [4.78, 5) is 4.44. The van der Waals surface area contributed by atoms with Crippen LogP contribution in [0.2, 0.25) is 5.02 Å². The summed E-state index contributed by atoms with van der Waals surface area (Å²) in [7, 11) is 0. The molecular weight excluding hydrogens is 322 g/mol. The van der Waals surface area contributed by atoms with Gasteiger partial charge in [0, 0.05) is 23.3 Å². The van der Waals surface area contributed by atoms with Crippen molar-refractivity contribution in [2.24, 2.45) is 5.92 Å². The molecule has 0 spiro atoms. The second-order valence-electron chi connectivity index (χ2n) is 6.04. The first kappa shape index (κ1) is 15.2. The quantitative estimate of drug-likeness (QED) is 0.761. The fourth-order valence-electron chi connectivity index (χ4n) is 3.58. The first-order valence-electron chi connectivity index (χ1n) is 7.98. The molecule has 0 bridgehead atoms. The van der Waals surface area contributed by atoms with E-state index in [-0.39, 0.29) is 24.6 Å². The van der Waals surface area contributed by atoms with Gasteiger partial charge in [0.1, 0.15) is 0 Å². The molecule has 0 saturated heterocycles. The molecule has 2 aromatic carbocycles. The molecule has 0 unspecified atom stereocenters. The highest BCUT2D eigenvalue weighted by Gasteiger charge is 2.38. The predicted octanol–water partition coefficient (Wildman–Crippen LogP) is 3.90. The highest BCUT2D eigenvalue weighted by atomic mass is 35.5. The van der Waals surface area contributed by atoms with Gasteiger partial charge in [-0.05, 0) is 23.3 Å². The highest BCUT2D eigenvalue weighted by Crippen LogP contribution is 2.43. The molecule has 0 amide bonds. The normalized spacial score (nSPS) is 22.7. The number of anilines is 1. The van der Waals surface area contributed by atoms with E-state index in [1.165, 1.54) is 0 Å². The second kappa shape index (κ2) is 6.30. The Labute approximate surface area is 145 Å². The predicted molar refractivity (Wildman–Crippen MR) is 95.2 cm³/mol. The molecule has 0 saturated carbocycles. The molecule has 122 valence electrons. The van der Waals surface area contributed by atoms with Crippen LogP contribution in [0.15, 0.2) is 67.0 Å². The van der Waals surface area contributed by atoms with Crippen LogP contribution in [-0.2, 0) is 0 Å². The lowest BCUT2D eigenvalue weighted by atomic mass is 9.82. The third kappa shape index (κ3) is 2.58. The summed E-state index contributed by atoms with van der Waals surface area (Å²) < 4.78 is 2.08. The van der Waals surface area contributed by atoms with Crippen molar-refractivity contribution in [2.75, 3.05) is 11.9 Å². The van der Waals surface area contributed by atoms with Gasteiger partial charge in [-0.1, -0.05) is 54.1 Å². The Morgan fingerprint density at radius 3 is 2.62 bits per heavy atom. The molecule has 3 aromatic rings. The Morgan fingerprint density at radius 1 is 1.08 bits per heavy atom. The van der Waals surface area contributed by atoms with Crippen molar-refractivity contribution >= 4 is 17.5 Å². The SMILES string of the molecule is OC[C@@H]1[C@@H](c2cccc(Cl)c2)n2ccnc2N[C@H]1c1ccccc1. The molecule has 3 atom stereocenters. The number of aliphatic hydroxyl groups excluding tert-OH is 1. The van der Waals surface area contributed by atoms with E-state index in [2.05, 4.69) is 33.1 Å². The molecule has 0 aliphatic carbocycles. The van der Waals surface area contributed by atoms with Crippen LogP contribution in [0.3, 0.4) is 0 Å². The van der Waals surface area contributed by atoms with Crippen LogP contribution < -0.4 is 5.32 Å². The summed E-state index contributed by atoms with van der Waals surface area (Å²) in [5.74, 6) is 0.770. The molecule has 4 rings (SSSR count). The van der Waals surface area contributed by atoms with Gasteiger partial charge in [-0.25, -0.2) is 4.98 Å². The fourth-order valence-corrected chi connectivity index (χ4v) is 3.78. The van der Waals surface area contributed by atoms with E-state index in [1.54, 1.807) is 6.20 Å². The molecular formula is C19H18ClN3O. The number of fused-ring (bicyclic) bond motifs is 1. The van der Waals surface area contributed by atoms with E-state index in [0.717, 1.165) is 17.1 Å². The summed E-state index contributed by atoms with van der Waals surface area (Å²) >= 11 is 6.21. The van der Waals surface area contributed by atoms with Crippen LogP contribution in [0, 0.1) is 5.92 Å². The van der Waals surface area contributed by atoms with Crippen LogP contribution in [0.1, 0.15) is 23.2 Å². The van der Waals surface area contributed by atoms with Crippen molar-refractivity contribution in [3.63, 3.8) is 0 Å². The van der Waals surface area contributed by atoms with Gasteiger partial charge in [-0.3, -0.25) is 0 Å². The number of benzene rings is 2. The van der Waals surface area contributed by atoms with Crippen molar-refractivity contribution in [3.8, 4) is 0 Å². The average Bonchev–Trinajstić information content (AvgIpc) is 3.09. The van der Waals surface area contributed by atoms with Gasteiger partial charge in [0.25, 0.3) is 0 Å². The largest absolute Gasteiger partial charge is 0.396 e. The molecule has 5 heteroatoms. The van der Waals surface area contributed by atoms with Gasteiger partial charge >= 0.3 is 0 Å². The van der Waals surface area contributed by atoms with Crippen LogP contribution in [-0.4, -0.2) is 21.3 Å². The number of hydrogen-bond donors (Lipinski definition) is 2. The van der Waals surface area contributed by atoms with E-state index in [0.29, 0.717) is 5.02 Å². The van der Waals surface area contributed by atoms with Gasteiger partial charge in [0.05, 0.1) is 18.7 Å². The summed E-state index contributed by atoms with van der Waals surface area (Å²) in [6.07, 6.45) is 3.72. The van der Waals surface area contributed by atoms with E-state index < -0.39 is 0 Å². The summed E-state index contributed by atoms with van der Waals surface area (Å²) in [6, 6.07) is 18.0. The van der Waals surface area contributed by atoms with Crippen molar-refractivity contribution in [1.82, 2.24) is 9.55 Å². The number of halogens is 1. The van der Waals surface area contributed by atoms with Gasteiger partial charge in [0.2, 0.25) is 5.95 Å². The molecule has 4 nitrogen and oxygen atoms in total. The Balaban J connectivity index is 1.84. The van der Waals surface area contributed by atoms with Crippen LogP contribution in [0.4, 0.5) is 5.95 Å². The minimum absolute atomic E-state index is 0.0184. The first-order valence-corrected chi connectivity index (χ1v) is 8.36. The average molecular weight is 340 g/mol. The number of aliphatic hydroxyl groups is 1. The molecule has 2 heterocycles. The van der Waals surface area contributed by atoms with Crippen molar-refractivity contribution in [3.05, 3.63) is 83.1 Å². The lowest BCUT2D eigenvalue weighted by Crippen LogP contribution is -2.38. The Hall–Kier alpha value is -2.30. The third-order valence-electron chi connectivity index (χ3n) is 4.65. The maximum atomic E-state index is 10.2. The third-order valence-corrected chi connectivity index (χ3v) is 4.88. The van der Waals surface area contributed by atoms with Crippen LogP contribution in [0.25, 0.3) is 0 Å². The van der Waals surface area contributed by atoms with E-state index in [4.69, 9.17) is 11.6 Å². The topological polar surface area (TPSA) is 50.1 Å². The van der Waals surface area contributed by atoms with E-state index in [9.17, 15) is 5.11 Å². The number of hydrogen-bond acceptors (Lipinski definition) is 3. The standard InChI is InChI=1S/C19H18ClN3O/c20-15-8-4-7-14(11-15)18-16(12-24)17(13-5-2-1-3-6-13)22-19-21-9-10-23(18)19/h1-11,16-18,24H,12H2,(H,21,22)/t16-,17-,18+/m0/s1. The Morgan fingerprint density at radius 2 is 1.88 bits per heavy atom. The van der Waals surface area contributed by atoms with Crippen LogP contribution in [0.5, 0.6) is 0 Å². The zero-order valence-corrected chi connectivity index (χ0v) is 13.8. The van der Waals surface area contributed by atoms with Crippen molar-refractivity contribution < 1.29 is 5.11 Å². The lowest BCUT2D eigenvalue weighted by Gasteiger charge is -2.40. The smallest absolute Gasteiger partial charge is 0.203 e. The van der Waals surface area contributed by atoms with Crippen molar-refractivity contribution in [2.45, 2.75) is 12.1 Å². The minimum Gasteiger partial charge on any atom is -0.396 e. The molecule has 0 radical (unpaired) electrons. The number of nitrogens with one attached hydrogen (secondary N) is 1. The highest BCUT2D eigenvalue weighted by molar-refractivity contribution is 6.30. The number of rotatable bonds is 3. The van der Waals surface area contributed by atoms with Gasteiger partial charge in [-0.15, -0.1) is 0 Å². The summed E-state index contributed by atoms with van der Waals surface area (Å²) in [5, 5.41) is 14.3. The summed E-state index contributed by atoms with van der Waals surface area (Å²) in [6.45, 7) is 0.0569. The lowest BCUT2D eigenvalue weighted by molar-refractivity contribution is 0.166. The number of nitrogens with zero attached hydrogens (tertiary/aromatic N) is 2. The van der Waals surface area contributed by atoms with Gasteiger partial charge in [0.15, 0.2) is 0 Å². The van der Waals surface area contributed by atoms with Crippen LogP contribution >= 0.6 is 11.6 Å². The minimum atomic E-state index is -0.0347. The second-order valence-corrected chi connectivity index (χ2v) is 6.47. The van der Waals surface area contributed by atoms with E-state index in [1.807, 2.05) is 42.6 Å². The Kier molecular flexibility index (Phi) is 4.00. The first-order chi connectivity index (χ1) is 11.8.